The Morgan fingerprint density at radius 2 is 1.42 bits per heavy atom. The third kappa shape index (κ3) is 6.38. The summed E-state index contributed by atoms with van der Waals surface area (Å²) < 4.78 is 0. The quantitative estimate of drug-likeness (QED) is 0.528. The minimum Gasteiger partial charge on any atom is -0.372 e. The van der Waals surface area contributed by atoms with Crippen LogP contribution in [0.5, 0.6) is 0 Å². The molecule has 0 bridgehead atoms. The highest BCUT2D eigenvalue weighted by molar-refractivity contribution is 7.80. The molecule has 0 spiro atoms. The lowest BCUT2D eigenvalue weighted by molar-refractivity contribution is 0.355. The summed E-state index contributed by atoms with van der Waals surface area (Å²) in [4.78, 5) is 17.1. The van der Waals surface area contributed by atoms with Crippen molar-refractivity contribution < 1.29 is 0 Å². The van der Waals surface area contributed by atoms with E-state index in [0.29, 0.717) is 29.4 Å². The van der Waals surface area contributed by atoms with E-state index in [-0.39, 0.29) is 0 Å². The second-order valence-corrected chi connectivity index (χ2v) is 11.4. The van der Waals surface area contributed by atoms with Crippen LogP contribution in [0.15, 0.2) is 30.3 Å². The van der Waals surface area contributed by atoms with Gasteiger partial charge in [0.1, 0.15) is 11.6 Å². The van der Waals surface area contributed by atoms with E-state index >= 15 is 0 Å². The Hall–Kier alpha value is -2.61. The van der Waals surface area contributed by atoms with Crippen molar-refractivity contribution in [2.45, 2.75) is 58.9 Å². The first-order valence-corrected chi connectivity index (χ1v) is 14.2. The first kappa shape index (κ1) is 25.1. The lowest BCUT2D eigenvalue weighted by Gasteiger charge is -2.36. The lowest BCUT2D eigenvalue weighted by atomic mass is 9.92. The molecule has 2 atom stereocenters. The van der Waals surface area contributed by atoms with E-state index in [0.717, 1.165) is 37.8 Å². The van der Waals surface area contributed by atoms with Gasteiger partial charge in [-0.05, 0) is 80.3 Å². The molecule has 3 aliphatic rings. The van der Waals surface area contributed by atoms with E-state index in [1.165, 1.54) is 62.9 Å². The van der Waals surface area contributed by atoms with E-state index in [2.05, 4.69) is 69.5 Å². The molecular weight excluding hydrogens is 466 g/mol. The molecule has 8 heteroatoms. The first-order chi connectivity index (χ1) is 17.5. The summed E-state index contributed by atoms with van der Waals surface area (Å²) in [6, 6.07) is 11.0. The number of aromatic nitrogens is 2. The van der Waals surface area contributed by atoms with Gasteiger partial charge in [-0.25, -0.2) is 0 Å². The Kier molecular flexibility index (Phi) is 8.09. The number of nitrogens with zero attached hydrogens (tertiary/aromatic N) is 5. The summed E-state index contributed by atoms with van der Waals surface area (Å²) in [6.07, 6.45) is 7.60. The van der Waals surface area contributed by atoms with Crippen molar-refractivity contribution in [3.63, 3.8) is 0 Å². The molecule has 3 aliphatic heterocycles. The molecular formula is C28H41N7S. The Bertz CT molecular complexity index is 1010. The monoisotopic (exact) mass is 507 g/mol. The van der Waals surface area contributed by atoms with Crippen molar-refractivity contribution in [2.75, 3.05) is 59.3 Å². The van der Waals surface area contributed by atoms with E-state index in [1.54, 1.807) is 0 Å². The van der Waals surface area contributed by atoms with Crippen molar-refractivity contribution >= 4 is 40.6 Å². The molecule has 36 heavy (non-hydrogen) atoms. The number of rotatable bonds is 6. The minimum absolute atomic E-state index is 0.556. The van der Waals surface area contributed by atoms with Gasteiger partial charge < -0.3 is 25.3 Å². The van der Waals surface area contributed by atoms with Gasteiger partial charge in [-0.15, -0.1) is 0 Å². The summed E-state index contributed by atoms with van der Waals surface area (Å²) in [6.45, 7) is 11.9. The summed E-state index contributed by atoms with van der Waals surface area (Å²) in [5.41, 5.74) is 2.52. The molecule has 0 saturated carbocycles. The Labute approximate surface area is 221 Å². The third-order valence-electron chi connectivity index (χ3n) is 7.66. The normalized spacial score (nSPS) is 22.6. The SMILES string of the molecule is C[C@@H]1C[C@H](C)CN(c2cc(N3CCCCC3)nc(NC(=S)NCc3ccc(N4CCCC4)cc3)n2)C1. The largest absolute Gasteiger partial charge is 0.372 e. The standard InChI is InChI=1S/C28H41N7S/c1-21-16-22(2)20-35(19-21)26-17-25(34-14-4-3-5-15-34)30-27(31-26)32-28(36)29-18-23-8-10-24(11-9-23)33-12-6-7-13-33/h8-11,17,21-22H,3-7,12-16,18-20H2,1-2H3,(H2,29,30,31,32,36)/t21-,22+. The first-order valence-electron chi connectivity index (χ1n) is 13.8. The fourth-order valence-corrected chi connectivity index (χ4v) is 6.07. The van der Waals surface area contributed by atoms with Gasteiger partial charge >= 0.3 is 0 Å². The van der Waals surface area contributed by atoms with Gasteiger partial charge in [0.15, 0.2) is 5.11 Å². The van der Waals surface area contributed by atoms with Crippen molar-refractivity contribution in [1.82, 2.24) is 15.3 Å². The predicted molar refractivity (Wildman–Crippen MR) is 154 cm³/mol. The Morgan fingerprint density at radius 1 is 0.833 bits per heavy atom. The fraction of sp³-hybridized carbons (Fsp3) is 0.607. The van der Waals surface area contributed by atoms with Crippen LogP contribution in [0.25, 0.3) is 0 Å². The molecule has 0 radical (unpaired) electrons. The molecule has 5 rings (SSSR count). The molecule has 3 saturated heterocycles. The average Bonchev–Trinajstić information content (AvgIpc) is 3.43. The van der Waals surface area contributed by atoms with E-state index in [1.807, 2.05) is 0 Å². The predicted octanol–water partition coefficient (Wildman–Crippen LogP) is 5.04. The Balaban J connectivity index is 1.25. The molecule has 0 unspecified atom stereocenters. The number of thiocarbonyl (C=S) groups is 1. The molecule has 1 aromatic heterocycles. The van der Waals surface area contributed by atoms with Crippen molar-refractivity contribution in [2.24, 2.45) is 11.8 Å². The summed E-state index contributed by atoms with van der Waals surface area (Å²) in [5.74, 6) is 3.93. The van der Waals surface area contributed by atoms with Crippen LogP contribution in [0.1, 0.15) is 57.9 Å². The fourth-order valence-electron chi connectivity index (χ4n) is 5.90. The molecule has 2 N–H and O–H groups in total. The van der Waals surface area contributed by atoms with Gasteiger partial charge in [0, 0.05) is 57.6 Å². The third-order valence-corrected chi connectivity index (χ3v) is 7.90. The molecule has 3 fully saturated rings. The molecule has 7 nitrogen and oxygen atoms in total. The Morgan fingerprint density at radius 3 is 2.08 bits per heavy atom. The highest BCUT2D eigenvalue weighted by Crippen LogP contribution is 2.29. The van der Waals surface area contributed by atoms with Crippen molar-refractivity contribution in [1.29, 1.82) is 0 Å². The van der Waals surface area contributed by atoms with Gasteiger partial charge in [-0.2, -0.15) is 9.97 Å². The maximum Gasteiger partial charge on any atom is 0.232 e. The highest BCUT2D eigenvalue weighted by atomic mass is 32.1. The van der Waals surface area contributed by atoms with Crippen LogP contribution in [0, 0.1) is 11.8 Å². The molecule has 2 aromatic rings. The van der Waals surface area contributed by atoms with Crippen LogP contribution in [0.3, 0.4) is 0 Å². The average molecular weight is 508 g/mol. The minimum atomic E-state index is 0.556. The number of nitrogens with one attached hydrogen (secondary N) is 2. The van der Waals surface area contributed by atoms with Crippen LogP contribution in [0.4, 0.5) is 23.3 Å². The zero-order valence-electron chi connectivity index (χ0n) is 21.9. The maximum atomic E-state index is 5.65. The van der Waals surface area contributed by atoms with Crippen molar-refractivity contribution in [3.8, 4) is 0 Å². The van der Waals surface area contributed by atoms with Gasteiger partial charge in [0.05, 0.1) is 0 Å². The van der Waals surface area contributed by atoms with E-state index in [4.69, 9.17) is 22.2 Å². The van der Waals surface area contributed by atoms with Crippen LogP contribution >= 0.6 is 12.2 Å². The maximum absolute atomic E-state index is 5.65. The molecule has 1 aromatic carbocycles. The summed E-state index contributed by atoms with van der Waals surface area (Å²) in [5, 5.41) is 7.19. The van der Waals surface area contributed by atoms with Crippen LogP contribution in [-0.4, -0.2) is 54.3 Å². The second kappa shape index (κ2) is 11.6. The highest BCUT2D eigenvalue weighted by Gasteiger charge is 2.25. The lowest BCUT2D eigenvalue weighted by Crippen LogP contribution is -2.40. The zero-order valence-corrected chi connectivity index (χ0v) is 22.7. The smallest absolute Gasteiger partial charge is 0.232 e. The number of piperidine rings is 2. The molecule has 0 aliphatic carbocycles. The number of anilines is 4. The van der Waals surface area contributed by atoms with Crippen LogP contribution in [0.2, 0.25) is 0 Å². The van der Waals surface area contributed by atoms with Gasteiger partial charge in [0.2, 0.25) is 5.95 Å². The van der Waals surface area contributed by atoms with Crippen LogP contribution < -0.4 is 25.3 Å². The van der Waals surface area contributed by atoms with E-state index < -0.39 is 0 Å². The molecule has 0 amide bonds. The summed E-state index contributed by atoms with van der Waals surface area (Å²) >= 11 is 5.65. The van der Waals surface area contributed by atoms with Gasteiger partial charge in [0.25, 0.3) is 0 Å². The topological polar surface area (TPSA) is 59.6 Å². The number of hydrogen-bond acceptors (Lipinski definition) is 6. The van der Waals surface area contributed by atoms with Gasteiger partial charge in [-0.1, -0.05) is 26.0 Å². The van der Waals surface area contributed by atoms with Gasteiger partial charge in [-0.3, -0.25) is 0 Å². The second-order valence-electron chi connectivity index (χ2n) is 11.0. The van der Waals surface area contributed by atoms with Crippen LogP contribution in [-0.2, 0) is 6.54 Å². The zero-order chi connectivity index (χ0) is 24.9. The molecule has 4 heterocycles. The number of hydrogen-bond donors (Lipinski definition) is 2. The molecule has 194 valence electrons. The van der Waals surface area contributed by atoms with E-state index in [9.17, 15) is 0 Å². The van der Waals surface area contributed by atoms with Crippen molar-refractivity contribution in [3.05, 3.63) is 35.9 Å². The number of benzene rings is 1. The summed E-state index contributed by atoms with van der Waals surface area (Å²) in [7, 11) is 0.